The highest BCUT2D eigenvalue weighted by atomic mass is 19.1. The first-order chi connectivity index (χ1) is 6.70. The third-order valence-corrected chi connectivity index (χ3v) is 1.97. The number of pyridine rings is 1. The number of halogens is 1. The molecule has 0 fully saturated rings. The fraction of sp³-hybridized carbons (Fsp3) is 0. The Hall–Kier alpha value is -1.97. The van der Waals surface area contributed by atoms with E-state index in [1.165, 1.54) is 6.20 Å². The summed E-state index contributed by atoms with van der Waals surface area (Å²) in [6, 6.07) is 6.65. The Bertz CT molecular complexity index is 510. The van der Waals surface area contributed by atoms with E-state index in [1.807, 2.05) is 0 Å². The van der Waals surface area contributed by atoms with Crippen LogP contribution >= 0.6 is 0 Å². The number of carboxylic acid groups (broad SMARTS) is 1. The maximum Gasteiger partial charge on any atom is 0.341 e. The molecule has 2 rings (SSSR count). The molecule has 0 saturated carbocycles. The van der Waals surface area contributed by atoms with Gasteiger partial charge in [-0.25, -0.2) is 9.78 Å². The van der Waals surface area contributed by atoms with Gasteiger partial charge in [-0.1, -0.05) is 24.3 Å². The highest BCUT2D eigenvalue weighted by Crippen LogP contribution is 2.19. The van der Waals surface area contributed by atoms with Gasteiger partial charge in [-0.2, -0.15) is 4.39 Å². The molecule has 0 bridgehead atoms. The molecular formula is C10H6FNO2. The zero-order chi connectivity index (χ0) is 10.1. The first kappa shape index (κ1) is 8.62. The number of aromatic nitrogens is 1. The van der Waals surface area contributed by atoms with Gasteiger partial charge in [-0.05, 0) is 0 Å². The molecule has 0 amide bonds. The largest absolute Gasteiger partial charge is 0.478 e. The maximum absolute atomic E-state index is 13.1. The van der Waals surface area contributed by atoms with Crippen molar-refractivity contribution >= 4 is 16.7 Å². The number of carboxylic acids is 1. The van der Waals surface area contributed by atoms with Crippen molar-refractivity contribution in [2.45, 2.75) is 0 Å². The van der Waals surface area contributed by atoms with Gasteiger partial charge >= 0.3 is 5.97 Å². The lowest BCUT2D eigenvalue weighted by molar-refractivity contribution is 0.0693. The number of aromatic carboxylic acids is 1. The smallest absolute Gasteiger partial charge is 0.341 e. The predicted octanol–water partition coefficient (Wildman–Crippen LogP) is 2.07. The average molecular weight is 191 g/mol. The normalized spacial score (nSPS) is 10.4. The molecule has 2 aromatic rings. The van der Waals surface area contributed by atoms with Gasteiger partial charge in [0.25, 0.3) is 0 Å². The van der Waals surface area contributed by atoms with E-state index in [2.05, 4.69) is 4.98 Å². The van der Waals surface area contributed by atoms with E-state index in [0.717, 1.165) is 0 Å². The monoisotopic (exact) mass is 191 g/mol. The molecular weight excluding hydrogens is 185 g/mol. The number of hydrogen-bond acceptors (Lipinski definition) is 2. The van der Waals surface area contributed by atoms with Gasteiger partial charge in [0.1, 0.15) is 5.56 Å². The molecule has 0 aliphatic rings. The molecule has 1 heterocycles. The molecule has 0 unspecified atom stereocenters. The number of carbonyl (C=O) groups is 1. The number of nitrogens with zero attached hydrogens (tertiary/aromatic N) is 1. The highest BCUT2D eigenvalue weighted by molar-refractivity contribution is 6.03. The molecule has 0 saturated heterocycles. The van der Waals surface area contributed by atoms with E-state index in [9.17, 15) is 9.18 Å². The Balaban J connectivity index is 2.90. The van der Waals surface area contributed by atoms with Crippen LogP contribution in [-0.2, 0) is 0 Å². The third-order valence-electron chi connectivity index (χ3n) is 1.97. The summed E-state index contributed by atoms with van der Waals surface area (Å²) in [5, 5.41) is 9.77. The van der Waals surface area contributed by atoms with Crippen LogP contribution in [0.4, 0.5) is 4.39 Å². The fourth-order valence-electron chi connectivity index (χ4n) is 1.34. The Labute approximate surface area is 78.8 Å². The van der Waals surface area contributed by atoms with Crippen LogP contribution in [0.25, 0.3) is 10.8 Å². The van der Waals surface area contributed by atoms with E-state index in [4.69, 9.17) is 5.11 Å². The van der Waals surface area contributed by atoms with Crippen molar-refractivity contribution in [1.29, 1.82) is 0 Å². The van der Waals surface area contributed by atoms with E-state index in [1.54, 1.807) is 24.3 Å². The molecule has 70 valence electrons. The number of hydrogen-bond donors (Lipinski definition) is 1. The summed E-state index contributed by atoms with van der Waals surface area (Å²) in [5.74, 6) is -2.25. The van der Waals surface area contributed by atoms with E-state index in [0.29, 0.717) is 10.8 Å². The molecule has 1 N–H and O–H groups in total. The minimum absolute atomic E-state index is 0.368. The van der Waals surface area contributed by atoms with Crippen molar-refractivity contribution in [1.82, 2.24) is 4.98 Å². The highest BCUT2D eigenvalue weighted by Gasteiger charge is 2.14. The van der Waals surface area contributed by atoms with Gasteiger partial charge in [0, 0.05) is 17.0 Å². The summed E-state index contributed by atoms with van der Waals surface area (Å²) in [6.07, 6.45) is 1.32. The number of fused-ring (bicyclic) bond motifs is 1. The second-order valence-corrected chi connectivity index (χ2v) is 2.82. The molecule has 0 radical (unpaired) electrons. The molecule has 0 aliphatic carbocycles. The number of benzene rings is 1. The van der Waals surface area contributed by atoms with E-state index >= 15 is 0 Å². The molecule has 1 aromatic heterocycles. The minimum atomic E-state index is -1.30. The van der Waals surface area contributed by atoms with Crippen molar-refractivity contribution in [2.75, 3.05) is 0 Å². The summed E-state index contributed by atoms with van der Waals surface area (Å²) in [6.45, 7) is 0. The fourth-order valence-corrected chi connectivity index (χ4v) is 1.34. The lowest BCUT2D eigenvalue weighted by atomic mass is 10.1. The van der Waals surface area contributed by atoms with Crippen LogP contribution in [0.3, 0.4) is 0 Å². The summed E-state index contributed by atoms with van der Waals surface area (Å²) in [7, 11) is 0. The second kappa shape index (κ2) is 3.06. The van der Waals surface area contributed by atoms with Gasteiger partial charge in [0.15, 0.2) is 0 Å². The quantitative estimate of drug-likeness (QED) is 0.702. The first-order valence-corrected chi connectivity index (χ1v) is 3.96. The molecule has 0 atom stereocenters. The standard InChI is InChI=1S/C10H6FNO2/c11-9-8(10(13)14)7-4-2-1-3-6(7)5-12-9/h1-5H,(H,13,14). The summed E-state index contributed by atoms with van der Waals surface area (Å²) in [4.78, 5) is 14.1. The summed E-state index contributed by atoms with van der Waals surface area (Å²) < 4.78 is 13.1. The van der Waals surface area contributed by atoms with Gasteiger partial charge in [0.05, 0.1) is 0 Å². The van der Waals surface area contributed by atoms with Crippen molar-refractivity contribution < 1.29 is 14.3 Å². The Morgan fingerprint density at radius 2 is 2.07 bits per heavy atom. The van der Waals surface area contributed by atoms with Gasteiger partial charge in [-0.3, -0.25) is 0 Å². The van der Waals surface area contributed by atoms with Crippen LogP contribution in [0, 0.1) is 5.95 Å². The molecule has 0 spiro atoms. The van der Waals surface area contributed by atoms with Gasteiger partial charge in [-0.15, -0.1) is 0 Å². The van der Waals surface area contributed by atoms with Crippen LogP contribution < -0.4 is 0 Å². The number of rotatable bonds is 1. The second-order valence-electron chi connectivity index (χ2n) is 2.82. The topological polar surface area (TPSA) is 50.2 Å². The molecule has 3 nitrogen and oxygen atoms in total. The minimum Gasteiger partial charge on any atom is -0.478 e. The summed E-state index contributed by atoms with van der Waals surface area (Å²) >= 11 is 0. The van der Waals surface area contributed by atoms with E-state index in [-0.39, 0.29) is 5.56 Å². The van der Waals surface area contributed by atoms with Crippen LogP contribution in [0.5, 0.6) is 0 Å². The van der Waals surface area contributed by atoms with Crippen molar-refractivity contribution in [3.05, 3.63) is 42.0 Å². The summed E-state index contributed by atoms with van der Waals surface area (Å²) in [5.41, 5.74) is -0.372. The lowest BCUT2D eigenvalue weighted by Gasteiger charge is -2.01. The molecule has 1 aromatic carbocycles. The van der Waals surface area contributed by atoms with Crippen LogP contribution in [0.15, 0.2) is 30.5 Å². The van der Waals surface area contributed by atoms with Crippen molar-refractivity contribution in [2.24, 2.45) is 0 Å². The zero-order valence-electron chi connectivity index (χ0n) is 7.07. The Morgan fingerprint density at radius 1 is 1.36 bits per heavy atom. The lowest BCUT2D eigenvalue weighted by Crippen LogP contribution is -2.03. The van der Waals surface area contributed by atoms with E-state index < -0.39 is 11.9 Å². The van der Waals surface area contributed by atoms with Crippen molar-refractivity contribution in [3.8, 4) is 0 Å². The van der Waals surface area contributed by atoms with Crippen LogP contribution in [0.2, 0.25) is 0 Å². The average Bonchev–Trinajstić information content (AvgIpc) is 2.17. The molecule has 0 aliphatic heterocycles. The van der Waals surface area contributed by atoms with Crippen molar-refractivity contribution in [3.63, 3.8) is 0 Å². The van der Waals surface area contributed by atoms with Crippen LogP contribution in [-0.4, -0.2) is 16.1 Å². The SMILES string of the molecule is O=C(O)c1c(F)ncc2ccccc12. The predicted molar refractivity (Wildman–Crippen MR) is 48.7 cm³/mol. The van der Waals surface area contributed by atoms with Gasteiger partial charge in [0.2, 0.25) is 5.95 Å². The van der Waals surface area contributed by atoms with Crippen LogP contribution in [0.1, 0.15) is 10.4 Å². The first-order valence-electron chi connectivity index (χ1n) is 3.96. The third kappa shape index (κ3) is 1.21. The molecule has 4 heteroatoms. The van der Waals surface area contributed by atoms with Gasteiger partial charge < -0.3 is 5.11 Å². The molecule has 14 heavy (non-hydrogen) atoms. The Kier molecular flexibility index (Phi) is 1.89. The maximum atomic E-state index is 13.1. The Morgan fingerprint density at radius 3 is 2.79 bits per heavy atom. The zero-order valence-corrected chi connectivity index (χ0v) is 7.07.